The van der Waals surface area contributed by atoms with Gasteiger partial charge < -0.3 is 20.3 Å². The van der Waals surface area contributed by atoms with Crippen LogP contribution in [-0.4, -0.2) is 56.7 Å². The van der Waals surface area contributed by atoms with Gasteiger partial charge in [0.15, 0.2) is 0 Å². The molecule has 0 unspecified atom stereocenters. The van der Waals surface area contributed by atoms with E-state index in [1.807, 2.05) is 26.0 Å². The Hall–Kier alpha value is -1.82. The molecule has 0 atom stereocenters. The van der Waals surface area contributed by atoms with Crippen LogP contribution in [0.15, 0.2) is 12.3 Å². The monoisotopic (exact) mass is 280 g/mol. The summed E-state index contributed by atoms with van der Waals surface area (Å²) in [5.41, 5.74) is 6.58. The van der Waals surface area contributed by atoms with Crippen molar-refractivity contribution in [2.45, 2.75) is 13.3 Å². The molecule has 2 N–H and O–H groups in total. The Morgan fingerprint density at radius 2 is 2.05 bits per heavy atom. The van der Waals surface area contributed by atoms with Crippen molar-refractivity contribution in [3.8, 4) is 0 Å². The van der Waals surface area contributed by atoms with Gasteiger partial charge in [0.2, 0.25) is 0 Å². The number of nitrogen functional groups attached to an aromatic ring is 1. The van der Waals surface area contributed by atoms with E-state index in [-0.39, 0.29) is 5.97 Å². The van der Waals surface area contributed by atoms with Crippen molar-refractivity contribution in [1.29, 1.82) is 0 Å². The molecule has 6 heteroatoms. The average molecular weight is 280 g/mol. The molecule has 0 spiro atoms. The number of hydrogen-bond donors (Lipinski definition) is 1. The van der Waals surface area contributed by atoms with Crippen LogP contribution in [0.25, 0.3) is 0 Å². The maximum atomic E-state index is 12.0. The van der Waals surface area contributed by atoms with Crippen LogP contribution in [0.1, 0.15) is 23.7 Å². The van der Waals surface area contributed by atoms with Gasteiger partial charge in [-0.2, -0.15) is 0 Å². The molecule has 1 rings (SSSR count). The Balaban J connectivity index is 2.84. The molecule has 0 amide bonds. The number of carbonyl (C=O) groups is 1. The van der Waals surface area contributed by atoms with Crippen molar-refractivity contribution in [2.24, 2.45) is 0 Å². The predicted molar refractivity (Wildman–Crippen MR) is 81.0 cm³/mol. The first-order chi connectivity index (χ1) is 9.45. The molecule has 0 aliphatic carbocycles. The van der Waals surface area contributed by atoms with Crippen molar-refractivity contribution in [3.63, 3.8) is 0 Å². The van der Waals surface area contributed by atoms with Gasteiger partial charge in [0.05, 0.1) is 18.5 Å². The van der Waals surface area contributed by atoms with E-state index in [1.54, 1.807) is 19.2 Å². The first-order valence-electron chi connectivity index (χ1n) is 6.74. The van der Waals surface area contributed by atoms with Gasteiger partial charge in [-0.3, -0.25) is 0 Å². The molecule has 0 aromatic carbocycles. The number of esters is 1. The third kappa shape index (κ3) is 4.70. The van der Waals surface area contributed by atoms with Crippen LogP contribution in [0.5, 0.6) is 0 Å². The van der Waals surface area contributed by atoms with E-state index >= 15 is 0 Å². The third-order valence-electron chi connectivity index (χ3n) is 2.84. The number of rotatable bonds is 7. The summed E-state index contributed by atoms with van der Waals surface area (Å²) < 4.78 is 5.05. The molecule has 0 saturated heterocycles. The number of hydrogen-bond acceptors (Lipinski definition) is 6. The topological polar surface area (TPSA) is 71.7 Å². The zero-order valence-electron chi connectivity index (χ0n) is 12.7. The van der Waals surface area contributed by atoms with Crippen molar-refractivity contribution in [1.82, 2.24) is 9.88 Å². The average Bonchev–Trinajstić information content (AvgIpc) is 2.38. The number of pyridine rings is 1. The maximum absolute atomic E-state index is 12.0. The number of nitrogens with zero attached hydrogens (tertiary/aromatic N) is 3. The smallest absolute Gasteiger partial charge is 0.341 e. The molecule has 1 heterocycles. The summed E-state index contributed by atoms with van der Waals surface area (Å²) in [6.45, 7) is 3.89. The van der Waals surface area contributed by atoms with Crippen molar-refractivity contribution in [3.05, 3.63) is 17.8 Å². The molecule has 6 nitrogen and oxygen atoms in total. The zero-order chi connectivity index (χ0) is 15.1. The highest BCUT2D eigenvalue weighted by Gasteiger charge is 2.17. The van der Waals surface area contributed by atoms with Crippen LogP contribution < -0.4 is 10.6 Å². The molecule has 0 radical (unpaired) electrons. The first-order valence-corrected chi connectivity index (χ1v) is 6.74. The van der Waals surface area contributed by atoms with Crippen LogP contribution in [0.2, 0.25) is 0 Å². The molecule has 1 aromatic rings. The summed E-state index contributed by atoms with van der Waals surface area (Å²) in [6, 6.07) is 1.61. The summed E-state index contributed by atoms with van der Waals surface area (Å²) in [5.74, 6) is 0.221. The van der Waals surface area contributed by atoms with Gasteiger partial charge in [-0.1, -0.05) is 0 Å². The highest BCUT2D eigenvalue weighted by Crippen LogP contribution is 2.20. The van der Waals surface area contributed by atoms with Gasteiger partial charge in [-0.05, 0) is 40.1 Å². The molecule has 0 aliphatic rings. The van der Waals surface area contributed by atoms with Gasteiger partial charge in [-0.15, -0.1) is 0 Å². The highest BCUT2D eigenvalue weighted by molar-refractivity contribution is 5.95. The summed E-state index contributed by atoms with van der Waals surface area (Å²) in [7, 11) is 5.98. The van der Waals surface area contributed by atoms with E-state index in [1.165, 1.54) is 0 Å². The maximum Gasteiger partial charge on any atom is 0.341 e. The van der Waals surface area contributed by atoms with E-state index in [0.717, 1.165) is 19.5 Å². The predicted octanol–water partition coefficient (Wildman–Crippen LogP) is 1.23. The summed E-state index contributed by atoms with van der Waals surface area (Å²) in [5, 5.41) is 0. The SMILES string of the molecule is CCOC(=O)c1cc(N)cnc1N(C)CCCN(C)C. The van der Waals surface area contributed by atoms with Crippen LogP contribution >= 0.6 is 0 Å². The van der Waals surface area contributed by atoms with Crippen LogP contribution in [-0.2, 0) is 4.74 Å². The molecular weight excluding hydrogens is 256 g/mol. The normalized spacial score (nSPS) is 10.7. The second-order valence-corrected chi connectivity index (χ2v) is 4.94. The van der Waals surface area contributed by atoms with Crippen molar-refractivity contribution < 1.29 is 9.53 Å². The fraction of sp³-hybridized carbons (Fsp3) is 0.571. The number of anilines is 2. The minimum absolute atomic E-state index is 0.331. The van der Waals surface area contributed by atoms with E-state index < -0.39 is 0 Å². The summed E-state index contributed by atoms with van der Waals surface area (Å²) in [6.07, 6.45) is 2.54. The van der Waals surface area contributed by atoms with Gasteiger partial charge in [-0.25, -0.2) is 9.78 Å². The highest BCUT2D eigenvalue weighted by atomic mass is 16.5. The summed E-state index contributed by atoms with van der Waals surface area (Å²) >= 11 is 0. The molecule has 0 bridgehead atoms. The molecular formula is C14H24N4O2. The van der Waals surface area contributed by atoms with E-state index in [2.05, 4.69) is 9.88 Å². The van der Waals surface area contributed by atoms with Gasteiger partial charge in [0.1, 0.15) is 11.4 Å². The van der Waals surface area contributed by atoms with Gasteiger partial charge >= 0.3 is 5.97 Å². The Morgan fingerprint density at radius 1 is 1.35 bits per heavy atom. The number of ether oxygens (including phenoxy) is 1. The first kappa shape index (κ1) is 16.2. The fourth-order valence-corrected chi connectivity index (χ4v) is 1.87. The van der Waals surface area contributed by atoms with Crippen LogP contribution in [0.3, 0.4) is 0 Å². The van der Waals surface area contributed by atoms with Gasteiger partial charge in [0.25, 0.3) is 0 Å². The number of nitrogens with two attached hydrogens (primary N) is 1. The summed E-state index contributed by atoms with van der Waals surface area (Å²) in [4.78, 5) is 20.3. The fourth-order valence-electron chi connectivity index (χ4n) is 1.87. The Kier molecular flexibility index (Phi) is 6.24. The van der Waals surface area contributed by atoms with Crippen molar-refractivity contribution >= 4 is 17.5 Å². The minimum atomic E-state index is -0.387. The third-order valence-corrected chi connectivity index (χ3v) is 2.84. The minimum Gasteiger partial charge on any atom is -0.462 e. The molecule has 20 heavy (non-hydrogen) atoms. The lowest BCUT2D eigenvalue weighted by Crippen LogP contribution is -2.26. The van der Waals surface area contributed by atoms with E-state index in [0.29, 0.717) is 23.7 Å². The second-order valence-electron chi connectivity index (χ2n) is 4.94. The quantitative estimate of drug-likeness (QED) is 0.757. The Bertz CT molecular complexity index is 449. The molecule has 1 aromatic heterocycles. The molecule has 112 valence electrons. The molecule has 0 aliphatic heterocycles. The standard InChI is InChI=1S/C14H24N4O2/c1-5-20-14(19)12-9-11(15)10-16-13(12)18(4)8-6-7-17(2)3/h9-10H,5-8,15H2,1-4H3. The van der Waals surface area contributed by atoms with E-state index in [4.69, 9.17) is 10.5 Å². The molecule has 0 fully saturated rings. The molecule has 0 saturated carbocycles. The number of aromatic nitrogens is 1. The second kappa shape index (κ2) is 7.69. The van der Waals surface area contributed by atoms with Gasteiger partial charge in [0, 0.05) is 13.6 Å². The Morgan fingerprint density at radius 3 is 2.65 bits per heavy atom. The number of carbonyl (C=O) groups excluding carboxylic acids is 1. The lowest BCUT2D eigenvalue weighted by atomic mass is 10.2. The zero-order valence-corrected chi connectivity index (χ0v) is 12.7. The van der Waals surface area contributed by atoms with Crippen LogP contribution in [0.4, 0.5) is 11.5 Å². The van der Waals surface area contributed by atoms with E-state index in [9.17, 15) is 4.79 Å². The largest absolute Gasteiger partial charge is 0.462 e. The van der Waals surface area contributed by atoms with Crippen LogP contribution in [0, 0.1) is 0 Å². The lowest BCUT2D eigenvalue weighted by molar-refractivity contribution is 0.0526. The lowest BCUT2D eigenvalue weighted by Gasteiger charge is -2.21. The Labute approximate surface area is 120 Å². The van der Waals surface area contributed by atoms with Crippen molar-refractivity contribution in [2.75, 3.05) is 51.5 Å².